The molecule has 1 atom stereocenters. The van der Waals surface area contributed by atoms with Gasteiger partial charge in [0.1, 0.15) is 0 Å². The zero-order chi connectivity index (χ0) is 13.0. The van der Waals surface area contributed by atoms with Crippen LogP contribution in [0.2, 0.25) is 0 Å². The molecule has 0 aliphatic heterocycles. The molecule has 5 heteroatoms. The molecule has 17 heavy (non-hydrogen) atoms. The molecule has 0 spiro atoms. The number of thiazole rings is 1. The molecule has 0 fully saturated rings. The second kappa shape index (κ2) is 6.00. The van der Waals surface area contributed by atoms with Crippen LogP contribution >= 0.6 is 11.3 Å². The largest absolute Gasteiger partial charge is 0.461 e. The second-order valence-corrected chi connectivity index (χ2v) is 5.52. The number of hydrogen-bond acceptors (Lipinski definition) is 5. The Labute approximate surface area is 106 Å². The quantitative estimate of drug-likeness (QED) is 0.823. The molecule has 1 aromatic rings. The van der Waals surface area contributed by atoms with Crippen LogP contribution in [-0.4, -0.2) is 23.6 Å². The zero-order valence-electron chi connectivity index (χ0n) is 11.0. The summed E-state index contributed by atoms with van der Waals surface area (Å²) in [6.07, 6.45) is 0. The lowest BCUT2D eigenvalue weighted by molar-refractivity contribution is 0.0519. The van der Waals surface area contributed by atoms with Crippen LogP contribution in [0.15, 0.2) is 0 Å². The number of carbonyl (C=O) groups is 1. The Morgan fingerprint density at radius 1 is 1.47 bits per heavy atom. The molecule has 0 aromatic carbocycles. The molecule has 96 valence electrons. The Bertz CT molecular complexity index is 388. The SMILES string of the molecule is CCOC(=O)c1nc(NC(C)C(C)C)sc1C. The maximum Gasteiger partial charge on any atom is 0.358 e. The molecule has 0 radical (unpaired) electrons. The fourth-order valence-corrected chi connectivity index (χ4v) is 2.11. The van der Waals surface area contributed by atoms with Crippen LogP contribution in [0.5, 0.6) is 0 Å². The molecule has 1 heterocycles. The third-order valence-corrected chi connectivity index (χ3v) is 3.52. The Morgan fingerprint density at radius 2 is 2.12 bits per heavy atom. The molecular weight excluding hydrogens is 236 g/mol. The summed E-state index contributed by atoms with van der Waals surface area (Å²) in [4.78, 5) is 16.8. The Balaban J connectivity index is 2.78. The number of anilines is 1. The number of rotatable bonds is 5. The van der Waals surface area contributed by atoms with Gasteiger partial charge in [0.2, 0.25) is 0 Å². The summed E-state index contributed by atoms with van der Waals surface area (Å²) < 4.78 is 4.95. The first-order chi connectivity index (χ1) is 7.95. The normalized spacial score (nSPS) is 12.6. The van der Waals surface area contributed by atoms with Gasteiger partial charge in [0, 0.05) is 10.9 Å². The minimum Gasteiger partial charge on any atom is -0.461 e. The van der Waals surface area contributed by atoms with E-state index in [4.69, 9.17) is 4.74 Å². The predicted molar refractivity (Wildman–Crippen MR) is 70.7 cm³/mol. The van der Waals surface area contributed by atoms with E-state index in [0.717, 1.165) is 10.0 Å². The molecule has 1 unspecified atom stereocenters. The third kappa shape index (κ3) is 3.70. The number of hydrogen-bond donors (Lipinski definition) is 1. The minimum absolute atomic E-state index is 0.329. The van der Waals surface area contributed by atoms with Gasteiger partial charge in [-0.3, -0.25) is 0 Å². The molecule has 0 aliphatic carbocycles. The van der Waals surface area contributed by atoms with Crippen LogP contribution in [0, 0.1) is 12.8 Å². The lowest BCUT2D eigenvalue weighted by atomic mass is 10.1. The topological polar surface area (TPSA) is 51.2 Å². The number of aryl methyl sites for hydroxylation is 1. The van der Waals surface area contributed by atoms with Crippen LogP contribution in [0.1, 0.15) is 43.1 Å². The minimum atomic E-state index is -0.341. The van der Waals surface area contributed by atoms with Crippen molar-refractivity contribution in [2.75, 3.05) is 11.9 Å². The van der Waals surface area contributed by atoms with Crippen molar-refractivity contribution in [1.29, 1.82) is 0 Å². The van der Waals surface area contributed by atoms with E-state index in [1.165, 1.54) is 11.3 Å². The van der Waals surface area contributed by atoms with Gasteiger partial charge in [0.15, 0.2) is 10.8 Å². The Hall–Kier alpha value is -1.10. The van der Waals surface area contributed by atoms with E-state index in [1.807, 2.05) is 6.92 Å². The van der Waals surface area contributed by atoms with E-state index >= 15 is 0 Å². The second-order valence-electron chi connectivity index (χ2n) is 4.32. The van der Waals surface area contributed by atoms with Crippen molar-refractivity contribution >= 4 is 22.4 Å². The van der Waals surface area contributed by atoms with Crippen molar-refractivity contribution in [2.24, 2.45) is 5.92 Å². The number of esters is 1. The fraction of sp³-hybridized carbons (Fsp3) is 0.667. The van der Waals surface area contributed by atoms with Crippen molar-refractivity contribution in [3.63, 3.8) is 0 Å². The van der Waals surface area contributed by atoms with Crippen molar-refractivity contribution in [1.82, 2.24) is 4.98 Å². The van der Waals surface area contributed by atoms with E-state index in [1.54, 1.807) is 6.92 Å². The van der Waals surface area contributed by atoms with E-state index in [0.29, 0.717) is 24.3 Å². The van der Waals surface area contributed by atoms with Gasteiger partial charge >= 0.3 is 5.97 Å². The molecule has 1 aromatic heterocycles. The van der Waals surface area contributed by atoms with Crippen molar-refractivity contribution in [3.8, 4) is 0 Å². The summed E-state index contributed by atoms with van der Waals surface area (Å²) in [7, 11) is 0. The van der Waals surface area contributed by atoms with Gasteiger partial charge in [-0.15, -0.1) is 11.3 Å². The maximum atomic E-state index is 11.6. The van der Waals surface area contributed by atoms with Crippen LogP contribution in [0.4, 0.5) is 5.13 Å². The summed E-state index contributed by atoms with van der Waals surface area (Å²) in [5, 5.41) is 4.08. The zero-order valence-corrected chi connectivity index (χ0v) is 11.9. The molecule has 0 aliphatic rings. The molecule has 0 saturated carbocycles. The predicted octanol–water partition coefficient (Wildman–Crippen LogP) is 3.08. The van der Waals surface area contributed by atoms with Gasteiger partial charge < -0.3 is 10.1 Å². The average Bonchev–Trinajstić information content (AvgIpc) is 2.59. The number of aromatic nitrogens is 1. The van der Waals surface area contributed by atoms with Crippen molar-refractivity contribution < 1.29 is 9.53 Å². The summed E-state index contributed by atoms with van der Waals surface area (Å²) in [5.74, 6) is 0.178. The fourth-order valence-electron chi connectivity index (χ4n) is 1.21. The van der Waals surface area contributed by atoms with Crippen LogP contribution in [-0.2, 0) is 4.74 Å². The standard InChI is InChI=1S/C12H20N2O2S/c1-6-16-11(15)10-9(5)17-12(14-10)13-8(4)7(2)3/h7-8H,6H2,1-5H3,(H,13,14). The van der Waals surface area contributed by atoms with Gasteiger partial charge in [-0.2, -0.15) is 0 Å². The smallest absolute Gasteiger partial charge is 0.358 e. The maximum absolute atomic E-state index is 11.6. The van der Waals surface area contributed by atoms with Crippen LogP contribution in [0.25, 0.3) is 0 Å². The van der Waals surface area contributed by atoms with Crippen molar-refractivity contribution in [3.05, 3.63) is 10.6 Å². The van der Waals surface area contributed by atoms with Gasteiger partial charge in [0.25, 0.3) is 0 Å². The third-order valence-electron chi connectivity index (χ3n) is 2.62. The van der Waals surface area contributed by atoms with E-state index < -0.39 is 0 Å². The molecule has 0 amide bonds. The van der Waals surface area contributed by atoms with Crippen LogP contribution in [0.3, 0.4) is 0 Å². The van der Waals surface area contributed by atoms with E-state index in [9.17, 15) is 4.79 Å². The highest BCUT2D eigenvalue weighted by molar-refractivity contribution is 7.15. The Morgan fingerprint density at radius 3 is 2.65 bits per heavy atom. The highest BCUT2D eigenvalue weighted by atomic mass is 32.1. The van der Waals surface area contributed by atoms with Gasteiger partial charge in [0.05, 0.1) is 6.61 Å². The highest BCUT2D eigenvalue weighted by Gasteiger charge is 2.17. The molecule has 0 saturated heterocycles. The molecule has 1 N–H and O–H groups in total. The first-order valence-electron chi connectivity index (χ1n) is 5.86. The van der Waals surface area contributed by atoms with Gasteiger partial charge in [-0.25, -0.2) is 9.78 Å². The first-order valence-corrected chi connectivity index (χ1v) is 6.68. The summed E-state index contributed by atoms with van der Waals surface area (Å²) in [6.45, 7) is 10.4. The monoisotopic (exact) mass is 256 g/mol. The molecular formula is C12H20N2O2S. The summed E-state index contributed by atoms with van der Waals surface area (Å²) >= 11 is 1.49. The summed E-state index contributed by atoms with van der Waals surface area (Å²) in [6, 6.07) is 0.329. The van der Waals surface area contributed by atoms with Crippen molar-refractivity contribution in [2.45, 2.75) is 40.7 Å². The lowest BCUT2D eigenvalue weighted by Crippen LogP contribution is -2.21. The van der Waals surface area contributed by atoms with E-state index in [-0.39, 0.29) is 5.97 Å². The van der Waals surface area contributed by atoms with E-state index in [2.05, 4.69) is 31.1 Å². The molecule has 0 bridgehead atoms. The van der Waals surface area contributed by atoms with Gasteiger partial charge in [-0.05, 0) is 26.7 Å². The number of nitrogens with zero attached hydrogens (tertiary/aromatic N) is 1. The molecule has 4 nitrogen and oxygen atoms in total. The summed E-state index contributed by atoms with van der Waals surface area (Å²) in [5.41, 5.74) is 0.426. The first kappa shape index (κ1) is 14.0. The average molecular weight is 256 g/mol. The lowest BCUT2D eigenvalue weighted by Gasteiger charge is -2.16. The Kier molecular flexibility index (Phi) is 4.93. The number of ether oxygens (including phenoxy) is 1. The van der Waals surface area contributed by atoms with Crippen LogP contribution < -0.4 is 5.32 Å². The number of nitrogens with one attached hydrogen (secondary N) is 1. The number of carbonyl (C=O) groups excluding carboxylic acids is 1. The molecule has 1 rings (SSSR count). The highest BCUT2D eigenvalue weighted by Crippen LogP contribution is 2.24. The van der Waals surface area contributed by atoms with Gasteiger partial charge in [-0.1, -0.05) is 13.8 Å².